The minimum absolute atomic E-state index is 0. The van der Waals surface area contributed by atoms with Crippen molar-refractivity contribution >= 4 is 30.0 Å². The number of likely N-dealkylation sites (tertiary alicyclic amines) is 1. The molecule has 0 aliphatic carbocycles. The zero-order valence-electron chi connectivity index (χ0n) is 23.4. The van der Waals surface area contributed by atoms with Gasteiger partial charge in [-0.25, -0.2) is 9.97 Å². The minimum atomic E-state index is -0.0640. The zero-order chi connectivity index (χ0) is 26.6. The monoisotopic (exact) mass is 562 g/mol. The van der Waals surface area contributed by atoms with Gasteiger partial charge in [-0.05, 0) is 43.9 Å². The molecule has 2 aromatic heterocycles. The molecule has 3 saturated heterocycles. The second-order valence-electron chi connectivity index (χ2n) is 11.4. The highest BCUT2D eigenvalue weighted by atomic mass is 35.5. The topological polar surface area (TPSA) is 127 Å². The van der Waals surface area contributed by atoms with Gasteiger partial charge in [0.2, 0.25) is 5.91 Å². The highest BCUT2D eigenvalue weighted by Crippen LogP contribution is 2.30. The number of rotatable bonds is 9. The molecule has 2 N–H and O–H groups in total. The molecule has 1 amide bonds. The summed E-state index contributed by atoms with van der Waals surface area (Å²) in [6, 6.07) is 1.04. The molecule has 5 heterocycles. The maximum Gasteiger partial charge on any atom is 0.324 e. The Morgan fingerprint density at radius 2 is 1.82 bits per heavy atom. The molecule has 5 rings (SSSR count). The Morgan fingerprint density at radius 3 is 2.49 bits per heavy atom. The molecule has 0 aromatic carbocycles. The van der Waals surface area contributed by atoms with Crippen molar-refractivity contribution < 1.29 is 14.1 Å². The van der Waals surface area contributed by atoms with Gasteiger partial charge in [0.15, 0.2) is 5.82 Å². The van der Waals surface area contributed by atoms with Gasteiger partial charge in [0, 0.05) is 51.1 Å². The molecule has 2 aromatic rings. The zero-order valence-corrected chi connectivity index (χ0v) is 24.2. The molecule has 3 atom stereocenters. The molecule has 0 saturated carbocycles. The first kappa shape index (κ1) is 29.3. The van der Waals surface area contributed by atoms with Crippen molar-refractivity contribution in [2.45, 2.75) is 77.3 Å². The second kappa shape index (κ2) is 13.1. The van der Waals surface area contributed by atoms with Crippen LogP contribution in [0.5, 0.6) is 6.01 Å². The highest BCUT2D eigenvalue weighted by Gasteiger charge is 2.37. The van der Waals surface area contributed by atoms with Gasteiger partial charge in [0.05, 0.1) is 30.7 Å². The Morgan fingerprint density at radius 1 is 1.08 bits per heavy atom. The van der Waals surface area contributed by atoms with Crippen LogP contribution in [0, 0.1) is 11.8 Å². The van der Waals surface area contributed by atoms with Gasteiger partial charge in [-0.2, -0.15) is 4.98 Å². The molecule has 3 fully saturated rings. The summed E-state index contributed by atoms with van der Waals surface area (Å²) in [6.07, 6.45) is 9.45. The summed E-state index contributed by atoms with van der Waals surface area (Å²) in [6.45, 7) is 11.1. The minimum Gasteiger partial charge on any atom is -0.463 e. The highest BCUT2D eigenvalue weighted by molar-refractivity contribution is 5.85. The summed E-state index contributed by atoms with van der Waals surface area (Å²) in [5.41, 5.74) is 7.34. The summed E-state index contributed by atoms with van der Waals surface area (Å²) in [7, 11) is 0. The molecule has 11 nitrogen and oxygen atoms in total. The van der Waals surface area contributed by atoms with E-state index in [1.807, 2.05) is 4.90 Å². The molecule has 12 heteroatoms. The number of ether oxygens (including phenoxy) is 1. The molecular weight excluding hydrogens is 520 g/mol. The lowest BCUT2D eigenvalue weighted by molar-refractivity contribution is -0.135. The standard InChI is InChI=1S/C27H42N8O3.ClH/c1-18(2)25-31-27(38-32-25)33-11-7-20(8-12-33)19(3)9-13-37-26-29-14-21(15-30-26)34-16-22(28)23(17-34)35-10-5-4-6-24(35)36;/h14-15,18-20,22-23H,4-13,16-17,28H2,1-3H3;1H/t19?,22-,23-;/m0./s1. The SMILES string of the molecule is CC(C)c1noc(N2CCC(C(C)CCOc3ncc(N4C[C@H](N)[C@@H](N5CCCCC5=O)C4)cn3)CC2)n1.Cl. The number of nitrogens with two attached hydrogens (primary N) is 1. The van der Waals surface area contributed by atoms with Crippen molar-refractivity contribution in [1.29, 1.82) is 0 Å². The first-order valence-corrected chi connectivity index (χ1v) is 14.2. The van der Waals surface area contributed by atoms with Crippen molar-refractivity contribution in [3.05, 3.63) is 18.2 Å². The van der Waals surface area contributed by atoms with Crippen LogP contribution in [-0.2, 0) is 4.79 Å². The van der Waals surface area contributed by atoms with E-state index >= 15 is 0 Å². The number of carbonyl (C=O) groups is 1. The quantitative estimate of drug-likeness (QED) is 0.486. The maximum absolute atomic E-state index is 12.4. The predicted octanol–water partition coefficient (Wildman–Crippen LogP) is 3.25. The summed E-state index contributed by atoms with van der Waals surface area (Å²) >= 11 is 0. The van der Waals surface area contributed by atoms with E-state index < -0.39 is 0 Å². The second-order valence-corrected chi connectivity index (χ2v) is 11.4. The van der Waals surface area contributed by atoms with Crippen LogP contribution in [0.2, 0.25) is 0 Å². The van der Waals surface area contributed by atoms with E-state index in [2.05, 4.69) is 50.7 Å². The van der Waals surface area contributed by atoms with Gasteiger partial charge in [-0.1, -0.05) is 25.9 Å². The molecule has 0 radical (unpaired) electrons. The summed E-state index contributed by atoms with van der Waals surface area (Å²) in [4.78, 5) is 32.1. The van der Waals surface area contributed by atoms with Gasteiger partial charge in [0.1, 0.15) is 0 Å². The Hall–Kier alpha value is -2.66. The first-order chi connectivity index (χ1) is 18.4. The lowest BCUT2D eigenvalue weighted by atomic mass is 9.84. The average molecular weight is 563 g/mol. The van der Waals surface area contributed by atoms with Crippen LogP contribution < -0.4 is 20.3 Å². The largest absolute Gasteiger partial charge is 0.463 e. The fourth-order valence-electron chi connectivity index (χ4n) is 5.90. The Balaban J connectivity index is 0.00000353. The normalized spacial score (nSPS) is 23.3. The Kier molecular flexibility index (Phi) is 9.87. The van der Waals surface area contributed by atoms with Crippen LogP contribution in [0.4, 0.5) is 11.7 Å². The van der Waals surface area contributed by atoms with Crippen LogP contribution >= 0.6 is 12.4 Å². The maximum atomic E-state index is 12.4. The van der Waals surface area contributed by atoms with Crippen LogP contribution in [0.1, 0.15) is 71.0 Å². The predicted molar refractivity (Wildman–Crippen MR) is 151 cm³/mol. The first-order valence-electron chi connectivity index (χ1n) is 14.2. The third-order valence-electron chi connectivity index (χ3n) is 8.44. The fourth-order valence-corrected chi connectivity index (χ4v) is 5.90. The molecule has 0 spiro atoms. The molecule has 3 aliphatic rings. The van der Waals surface area contributed by atoms with Gasteiger partial charge in [-0.15, -0.1) is 12.4 Å². The van der Waals surface area contributed by atoms with Crippen molar-refractivity contribution in [1.82, 2.24) is 25.0 Å². The number of carbonyl (C=O) groups excluding carboxylic acids is 1. The number of hydrogen-bond acceptors (Lipinski definition) is 10. The van der Waals surface area contributed by atoms with E-state index in [4.69, 9.17) is 15.0 Å². The van der Waals surface area contributed by atoms with E-state index in [0.717, 1.165) is 69.8 Å². The van der Waals surface area contributed by atoms with Crippen LogP contribution in [0.3, 0.4) is 0 Å². The van der Waals surface area contributed by atoms with Crippen LogP contribution in [0.15, 0.2) is 16.9 Å². The van der Waals surface area contributed by atoms with E-state index in [1.54, 1.807) is 12.4 Å². The van der Waals surface area contributed by atoms with E-state index in [-0.39, 0.29) is 36.3 Å². The molecule has 1 unspecified atom stereocenters. The molecule has 0 bridgehead atoms. The number of hydrogen-bond donors (Lipinski definition) is 1. The number of anilines is 2. The third-order valence-corrected chi connectivity index (χ3v) is 8.44. The van der Waals surface area contributed by atoms with Crippen molar-refractivity contribution in [3.63, 3.8) is 0 Å². The molecule has 39 heavy (non-hydrogen) atoms. The summed E-state index contributed by atoms with van der Waals surface area (Å²) in [5.74, 6) is 2.46. The van der Waals surface area contributed by atoms with Crippen molar-refractivity contribution in [2.75, 3.05) is 49.1 Å². The fraction of sp³-hybridized carbons (Fsp3) is 0.741. The van der Waals surface area contributed by atoms with Gasteiger partial charge in [-0.3, -0.25) is 4.79 Å². The number of piperidine rings is 2. The smallest absolute Gasteiger partial charge is 0.324 e. The molecular formula is C27H43ClN8O3. The third kappa shape index (κ3) is 6.92. The van der Waals surface area contributed by atoms with Gasteiger partial charge in [0.25, 0.3) is 0 Å². The van der Waals surface area contributed by atoms with Crippen LogP contribution in [-0.4, -0.2) is 82.3 Å². The van der Waals surface area contributed by atoms with Crippen molar-refractivity contribution in [2.24, 2.45) is 17.6 Å². The van der Waals surface area contributed by atoms with Crippen LogP contribution in [0.25, 0.3) is 0 Å². The number of amides is 1. The summed E-state index contributed by atoms with van der Waals surface area (Å²) in [5, 5.41) is 4.09. The Bertz CT molecular complexity index is 1060. The summed E-state index contributed by atoms with van der Waals surface area (Å²) < 4.78 is 11.4. The van der Waals surface area contributed by atoms with Gasteiger partial charge >= 0.3 is 12.0 Å². The van der Waals surface area contributed by atoms with Gasteiger partial charge < -0.3 is 29.7 Å². The lowest BCUT2D eigenvalue weighted by Gasteiger charge is -2.34. The number of aromatic nitrogens is 4. The van der Waals surface area contributed by atoms with E-state index in [0.29, 0.717) is 43.4 Å². The Labute approximate surface area is 237 Å². The van der Waals surface area contributed by atoms with Crippen molar-refractivity contribution in [3.8, 4) is 6.01 Å². The molecule has 3 aliphatic heterocycles. The molecule has 216 valence electrons. The average Bonchev–Trinajstić information content (AvgIpc) is 3.57. The number of nitrogens with zero attached hydrogens (tertiary/aromatic N) is 7. The van der Waals surface area contributed by atoms with E-state index in [1.165, 1.54) is 0 Å². The number of halogens is 1. The van der Waals surface area contributed by atoms with E-state index in [9.17, 15) is 4.79 Å². The lowest BCUT2D eigenvalue weighted by Crippen LogP contribution is -2.51.